The molecule has 0 aliphatic heterocycles. The van der Waals surface area contributed by atoms with Crippen molar-refractivity contribution in [2.75, 3.05) is 0 Å². The van der Waals surface area contributed by atoms with Gasteiger partial charge in [0.25, 0.3) is 0 Å². The average Bonchev–Trinajstić information content (AvgIpc) is 2.98. The number of aliphatic hydroxyl groups is 1. The van der Waals surface area contributed by atoms with Crippen LogP contribution < -0.4 is 0 Å². The molecule has 0 aliphatic carbocycles. The smallest absolute Gasteiger partial charge is 0.132 e. The molecule has 0 saturated heterocycles. The zero-order valence-corrected chi connectivity index (χ0v) is 12.2. The summed E-state index contributed by atoms with van der Waals surface area (Å²) in [4.78, 5) is 0. The minimum absolute atomic E-state index is 0.294. The van der Waals surface area contributed by atoms with Crippen LogP contribution >= 0.6 is 0 Å². The first-order valence-corrected chi connectivity index (χ1v) is 7.14. The number of aliphatic hydroxyl groups excluding tert-OH is 1. The van der Waals surface area contributed by atoms with Crippen LogP contribution in [-0.2, 0) is 13.0 Å². The predicted octanol–water partition coefficient (Wildman–Crippen LogP) is 3.13. The van der Waals surface area contributed by atoms with Crippen LogP contribution in [-0.4, -0.2) is 20.1 Å². The minimum atomic E-state index is -0.366. The molecule has 1 N–H and O–H groups in total. The number of nitrogens with zero attached hydrogens (tertiary/aromatic N) is 3. The molecule has 0 saturated carbocycles. The van der Waals surface area contributed by atoms with Gasteiger partial charge < -0.3 is 5.11 Å². The van der Waals surface area contributed by atoms with Crippen LogP contribution in [0, 0.1) is 5.82 Å². The third-order valence-corrected chi connectivity index (χ3v) is 3.62. The predicted molar refractivity (Wildman–Crippen MR) is 82.1 cm³/mol. The molecule has 0 unspecified atom stereocenters. The van der Waals surface area contributed by atoms with Crippen molar-refractivity contribution < 1.29 is 9.50 Å². The lowest BCUT2D eigenvalue weighted by Crippen LogP contribution is -2.04. The van der Waals surface area contributed by atoms with Crippen molar-refractivity contribution in [2.45, 2.75) is 20.0 Å². The molecular formula is C17H16FN3O. The van der Waals surface area contributed by atoms with Gasteiger partial charge in [0, 0.05) is 5.56 Å². The molecule has 0 radical (unpaired) electrons. The first-order chi connectivity index (χ1) is 10.8. The zero-order valence-electron chi connectivity index (χ0n) is 12.2. The maximum absolute atomic E-state index is 14.2. The van der Waals surface area contributed by atoms with Gasteiger partial charge in [-0.25, -0.2) is 9.07 Å². The van der Waals surface area contributed by atoms with Crippen molar-refractivity contribution in [1.29, 1.82) is 0 Å². The fourth-order valence-electron chi connectivity index (χ4n) is 2.53. The molecule has 0 fully saturated rings. The molecule has 3 aromatic rings. The Kier molecular flexibility index (Phi) is 3.98. The molecule has 0 atom stereocenters. The van der Waals surface area contributed by atoms with Gasteiger partial charge in [-0.2, -0.15) is 0 Å². The zero-order chi connectivity index (χ0) is 15.5. The van der Waals surface area contributed by atoms with E-state index in [0.29, 0.717) is 17.0 Å². The normalized spacial score (nSPS) is 10.9. The molecule has 1 aromatic heterocycles. The van der Waals surface area contributed by atoms with Crippen molar-refractivity contribution >= 4 is 0 Å². The number of hydrogen-bond donors (Lipinski definition) is 1. The first-order valence-electron chi connectivity index (χ1n) is 7.14. The summed E-state index contributed by atoms with van der Waals surface area (Å²) in [6, 6.07) is 14.2. The summed E-state index contributed by atoms with van der Waals surface area (Å²) in [5, 5.41) is 17.6. The van der Waals surface area contributed by atoms with Gasteiger partial charge in [0.2, 0.25) is 0 Å². The van der Waals surface area contributed by atoms with Gasteiger partial charge in [0.15, 0.2) is 0 Å². The van der Waals surface area contributed by atoms with Gasteiger partial charge in [0.1, 0.15) is 17.2 Å². The number of aryl methyl sites for hydroxylation is 1. The standard InChI is InChI=1S/C17H16FN3O/c1-2-12-7-3-6-10-16(12)21-17(15(11-22)19-20-21)13-8-4-5-9-14(13)18/h3-10,22H,2,11H2,1H3. The van der Waals surface area contributed by atoms with E-state index in [2.05, 4.69) is 10.3 Å². The van der Waals surface area contributed by atoms with Crippen molar-refractivity contribution in [2.24, 2.45) is 0 Å². The highest BCUT2D eigenvalue weighted by Crippen LogP contribution is 2.28. The Morgan fingerprint density at radius 3 is 2.55 bits per heavy atom. The van der Waals surface area contributed by atoms with Crippen LogP contribution in [0.2, 0.25) is 0 Å². The molecule has 1 heterocycles. The molecule has 22 heavy (non-hydrogen) atoms. The molecule has 2 aromatic carbocycles. The number of halogens is 1. The first kappa shape index (κ1) is 14.4. The quantitative estimate of drug-likeness (QED) is 0.805. The van der Waals surface area contributed by atoms with Crippen LogP contribution in [0.1, 0.15) is 18.2 Å². The van der Waals surface area contributed by atoms with Gasteiger partial charge in [0.05, 0.1) is 12.3 Å². The molecule has 0 amide bonds. The summed E-state index contributed by atoms with van der Waals surface area (Å²) in [6.07, 6.45) is 0.821. The van der Waals surface area contributed by atoms with Crippen molar-refractivity contribution in [1.82, 2.24) is 15.0 Å². The van der Waals surface area contributed by atoms with Crippen LogP contribution in [0.5, 0.6) is 0 Å². The highest BCUT2D eigenvalue weighted by molar-refractivity contribution is 5.65. The molecule has 3 rings (SSSR count). The van der Waals surface area contributed by atoms with E-state index in [9.17, 15) is 9.50 Å². The van der Waals surface area contributed by atoms with Gasteiger partial charge in [-0.05, 0) is 30.2 Å². The lowest BCUT2D eigenvalue weighted by Gasteiger charge is -2.12. The van der Waals surface area contributed by atoms with Crippen LogP contribution in [0.3, 0.4) is 0 Å². The van der Waals surface area contributed by atoms with Gasteiger partial charge in [-0.3, -0.25) is 0 Å². The summed E-state index contributed by atoms with van der Waals surface area (Å²) in [5.74, 6) is -0.366. The number of para-hydroxylation sites is 1. The number of rotatable bonds is 4. The SMILES string of the molecule is CCc1ccccc1-n1nnc(CO)c1-c1ccccc1F. The molecule has 0 bridgehead atoms. The van der Waals surface area contributed by atoms with Crippen LogP contribution in [0.15, 0.2) is 48.5 Å². The maximum Gasteiger partial charge on any atom is 0.132 e. The van der Waals surface area contributed by atoms with E-state index >= 15 is 0 Å². The number of hydrogen-bond acceptors (Lipinski definition) is 3. The molecule has 5 heteroatoms. The van der Waals surface area contributed by atoms with Crippen molar-refractivity contribution in [3.05, 3.63) is 65.6 Å². The fourth-order valence-corrected chi connectivity index (χ4v) is 2.53. The molecule has 0 spiro atoms. The average molecular weight is 297 g/mol. The van der Waals surface area contributed by atoms with Gasteiger partial charge in [-0.1, -0.05) is 42.5 Å². The lowest BCUT2D eigenvalue weighted by atomic mass is 10.1. The topological polar surface area (TPSA) is 50.9 Å². The van der Waals surface area contributed by atoms with Gasteiger partial charge >= 0.3 is 0 Å². The highest BCUT2D eigenvalue weighted by Gasteiger charge is 2.19. The lowest BCUT2D eigenvalue weighted by molar-refractivity contribution is 0.277. The Morgan fingerprint density at radius 1 is 1.09 bits per heavy atom. The second-order valence-electron chi connectivity index (χ2n) is 4.92. The fraction of sp³-hybridized carbons (Fsp3) is 0.176. The molecule has 4 nitrogen and oxygen atoms in total. The second-order valence-corrected chi connectivity index (χ2v) is 4.92. The Morgan fingerprint density at radius 2 is 1.82 bits per heavy atom. The van der Waals surface area contributed by atoms with E-state index in [1.807, 2.05) is 31.2 Å². The van der Waals surface area contributed by atoms with Crippen LogP contribution in [0.25, 0.3) is 16.9 Å². The summed E-state index contributed by atoms with van der Waals surface area (Å²) < 4.78 is 15.8. The maximum atomic E-state index is 14.2. The summed E-state index contributed by atoms with van der Waals surface area (Å²) in [6.45, 7) is 1.75. The van der Waals surface area contributed by atoms with Crippen molar-refractivity contribution in [3.63, 3.8) is 0 Å². The van der Waals surface area contributed by atoms with Crippen LogP contribution in [0.4, 0.5) is 4.39 Å². The van der Waals surface area contributed by atoms with E-state index in [0.717, 1.165) is 17.7 Å². The van der Waals surface area contributed by atoms with Gasteiger partial charge in [-0.15, -0.1) is 5.10 Å². The summed E-state index contributed by atoms with van der Waals surface area (Å²) in [5.41, 5.74) is 3.14. The van der Waals surface area contributed by atoms with E-state index in [1.54, 1.807) is 22.9 Å². The monoisotopic (exact) mass is 297 g/mol. The minimum Gasteiger partial charge on any atom is -0.390 e. The summed E-state index contributed by atoms with van der Waals surface area (Å²) >= 11 is 0. The molecule has 0 aliphatic rings. The third kappa shape index (κ3) is 2.40. The highest BCUT2D eigenvalue weighted by atomic mass is 19.1. The summed E-state index contributed by atoms with van der Waals surface area (Å²) in [7, 11) is 0. The molecule has 112 valence electrons. The Labute approximate surface area is 127 Å². The number of benzene rings is 2. The Hall–Kier alpha value is -2.53. The largest absolute Gasteiger partial charge is 0.390 e. The Balaban J connectivity index is 2.27. The van der Waals surface area contributed by atoms with Crippen molar-refractivity contribution in [3.8, 4) is 16.9 Å². The van der Waals surface area contributed by atoms with E-state index in [-0.39, 0.29) is 12.4 Å². The third-order valence-electron chi connectivity index (χ3n) is 3.62. The molecular weight excluding hydrogens is 281 g/mol. The number of aromatic nitrogens is 3. The van der Waals surface area contributed by atoms with E-state index in [4.69, 9.17) is 0 Å². The Bertz CT molecular complexity index is 798. The van der Waals surface area contributed by atoms with E-state index < -0.39 is 0 Å². The van der Waals surface area contributed by atoms with E-state index in [1.165, 1.54) is 6.07 Å². The second kappa shape index (κ2) is 6.07.